The summed E-state index contributed by atoms with van der Waals surface area (Å²) >= 11 is 0. The lowest BCUT2D eigenvalue weighted by molar-refractivity contribution is -0.286. The predicted octanol–water partition coefficient (Wildman–Crippen LogP) is -0.175. The van der Waals surface area contributed by atoms with Crippen LogP contribution in [-0.2, 0) is 9.47 Å². The molecule has 1 aliphatic heterocycles. The van der Waals surface area contributed by atoms with Crippen LogP contribution < -0.4 is 0 Å². The van der Waals surface area contributed by atoms with Gasteiger partial charge in [-0.3, -0.25) is 0 Å². The minimum absolute atomic E-state index is 0.318. The molecule has 8 heteroatoms. The summed E-state index contributed by atoms with van der Waals surface area (Å²) < 4.78 is 9.96. The van der Waals surface area contributed by atoms with Gasteiger partial charge in [0.2, 0.25) is 0 Å². The largest absolute Gasteiger partial charge is 0.447 e. The van der Waals surface area contributed by atoms with Crippen LogP contribution in [0.1, 0.15) is 39.0 Å². The second-order valence-corrected chi connectivity index (χ2v) is 5.95. The first kappa shape index (κ1) is 20.1. The molecule has 0 radical (unpaired) electrons. The van der Waals surface area contributed by atoms with Crippen LogP contribution in [0, 0.1) is 0 Å². The summed E-state index contributed by atoms with van der Waals surface area (Å²) in [5.74, 6) is 0. The summed E-state index contributed by atoms with van der Waals surface area (Å²) in [5.41, 5.74) is 0. The molecule has 8 nitrogen and oxygen atoms in total. The Labute approximate surface area is 136 Å². The van der Waals surface area contributed by atoms with Gasteiger partial charge in [-0.1, -0.05) is 32.6 Å². The molecule has 1 heterocycles. The summed E-state index contributed by atoms with van der Waals surface area (Å²) in [7, 11) is 1.62. The van der Waals surface area contributed by atoms with Gasteiger partial charge in [-0.25, -0.2) is 4.79 Å². The fourth-order valence-corrected chi connectivity index (χ4v) is 2.38. The van der Waals surface area contributed by atoms with Crippen molar-refractivity contribution in [2.45, 2.75) is 69.7 Å². The molecule has 0 aromatic carbocycles. The number of nitrogens with zero attached hydrogens (tertiary/aromatic N) is 1. The van der Waals surface area contributed by atoms with Crippen LogP contribution in [0.15, 0.2) is 0 Å². The van der Waals surface area contributed by atoms with E-state index in [1.165, 1.54) is 11.3 Å². The molecular formula is C15H29NO7. The molecule has 1 aliphatic rings. The Kier molecular flexibility index (Phi) is 8.78. The zero-order valence-electron chi connectivity index (χ0n) is 13.8. The van der Waals surface area contributed by atoms with Crippen LogP contribution in [-0.4, -0.2) is 82.3 Å². The van der Waals surface area contributed by atoms with Crippen LogP contribution in [0.3, 0.4) is 0 Å². The molecule has 0 saturated carbocycles. The van der Waals surface area contributed by atoms with E-state index < -0.39 is 36.8 Å². The first-order valence-electron chi connectivity index (χ1n) is 8.14. The molecule has 1 rings (SSSR count). The molecular weight excluding hydrogens is 306 g/mol. The van der Waals surface area contributed by atoms with Gasteiger partial charge in [-0.05, 0) is 6.42 Å². The Bertz CT molecular complexity index is 355. The van der Waals surface area contributed by atoms with Crippen LogP contribution in [0.25, 0.3) is 0 Å². The van der Waals surface area contributed by atoms with E-state index in [2.05, 4.69) is 6.92 Å². The van der Waals surface area contributed by atoms with Gasteiger partial charge < -0.3 is 34.8 Å². The van der Waals surface area contributed by atoms with Gasteiger partial charge in [0.25, 0.3) is 0 Å². The maximum Gasteiger partial charge on any atom is 0.409 e. The summed E-state index contributed by atoms with van der Waals surface area (Å²) in [5, 5.41) is 38.1. The molecule has 136 valence electrons. The van der Waals surface area contributed by atoms with Gasteiger partial charge in [0, 0.05) is 13.6 Å². The van der Waals surface area contributed by atoms with Gasteiger partial charge in [0.15, 0.2) is 6.29 Å². The fourth-order valence-electron chi connectivity index (χ4n) is 2.38. The highest BCUT2D eigenvalue weighted by Crippen LogP contribution is 2.20. The topological polar surface area (TPSA) is 120 Å². The van der Waals surface area contributed by atoms with Crippen LogP contribution >= 0.6 is 0 Å². The lowest BCUT2D eigenvalue weighted by atomic mass is 9.99. The number of hydrogen-bond acceptors (Lipinski definition) is 7. The van der Waals surface area contributed by atoms with E-state index in [1.807, 2.05) is 0 Å². The van der Waals surface area contributed by atoms with Crippen LogP contribution in [0.5, 0.6) is 0 Å². The van der Waals surface area contributed by atoms with Crippen molar-refractivity contribution in [2.75, 3.05) is 20.2 Å². The first-order chi connectivity index (χ1) is 10.9. The maximum absolute atomic E-state index is 11.8. The van der Waals surface area contributed by atoms with E-state index in [0.717, 1.165) is 25.7 Å². The monoisotopic (exact) mass is 335 g/mol. The average molecular weight is 335 g/mol. The highest BCUT2D eigenvalue weighted by atomic mass is 16.7. The van der Waals surface area contributed by atoms with Crippen molar-refractivity contribution >= 4 is 6.09 Å². The lowest BCUT2D eigenvalue weighted by Crippen LogP contribution is -2.58. The second kappa shape index (κ2) is 10.0. The standard InChI is InChI=1S/C15H29NO7/c1-3-4-5-6-7-8-16(2)15(21)22-9-10-11(17)12(18)13(19)14(20)23-10/h10-14,17-20H,3-9H2,1-2H3/t10-,11-,12+,13-,14+/m1/s1. The molecule has 4 N–H and O–H groups in total. The van der Waals surface area contributed by atoms with Crippen molar-refractivity contribution in [1.82, 2.24) is 4.90 Å². The summed E-state index contributed by atoms with van der Waals surface area (Å²) in [6.07, 6.45) is -2.47. The van der Waals surface area contributed by atoms with Crippen molar-refractivity contribution in [2.24, 2.45) is 0 Å². The molecule has 1 amide bonds. The van der Waals surface area contributed by atoms with Gasteiger partial charge in [0.1, 0.15) is 31.0 Å². The van der Waals surface area contributed by atoms with Crippen molar-refractivity contribution in [3.63, 3.8) is 0 Å². The molecule has 0 aromatic heterocycles. The number of carbonyl (C=O) groups excluding carboxylic acids is 1. The van der Waals surface area contributed by atoms with E-state index in [9.17, 15) is 25.2 Å². The van der Waals surface area contributed by atoms with Crippen LogP contribution in [0.4, 0.5) is 4.79 Å². The van der Waals surface area contributed by atoms with E-state index in [-0.39, 0.29) is 6.61 Å². The van der Waals surface area contributed by atoms with E-state index >= 15 is 0 Å². The third-order valence-electron chi connectivity index (χ3n) is 3.97. The Hall–Kier alpha value is -0.930. The fraction of sp³-hybridized carbons (Fsp3) is 0.933. The normalized spacial score (nSPS) is 31.0. The van der Waals surface area contributed by atoms with Gasteiger partial charge in [-0.2, -0.15) is 0 Å². The number of carbonyl (C=O) groups is 1. The Morgan fingerprint density at radius 1 is 1.04 bits per heavy atom. The predicted molar refractivity (Wildman–Crippen MR) is 81.6 cm³/mol. The highest BCUT2D eigenvalue weighted by molar-refractivity contribution is 5.67. The minimum Gasteiger partial charge on any atom is -0.447 e. The molecule has 0 bridgehead atoms. The SMILES string of the molecule is CCCCCCCN(C)C(=O)OC[C@H]1O[C@H](O)[C@H](O)[C@@H](O)[C@@H]1O. The zero-order valence-corrected chi connectivity index (χ0v) is 13.8. The highest BCUT2D eigenvalue weighted by Gasteiger charge is 2.43. The molecule has 1 saturated heterocycles. The molecule has 0 spiro atoms. The summed E-state index contributed by atoms with van der Waals surface area (Å²) in [4.78, 5) is 13.3. The lowest BCUT2D eigenvalue weighted by Gasteiger charge is -2.38. The Balaban J connectivity index is 2.29. The van der Waals surface area contributed by atoms with Crippen molar-refractivity contribution < 1.29 is 34.7 Å². The van der Waals surface area contributed by atoms with Crippen molar-refractivity contribution in [3.05, 3.63) is 0 Å². The summed E-state index contributed by atoms with van der Waals surface area (Å²) in [6.45, 7) is 2.39. The number of rotatable bonds is 8. The van der Waals surface area contributed by atoms with Crippen molar-refractivity contribution in [1.29, 1.82) is 0 Å². The van der Waals surface area contributed by atoms with Crippen molar-refractivity contribution in [3.8, 4) is 0 Å². The first-order valence-corrected chi connectivity index (χ1v) is 8.14. The third-order valence-corrected chi connectivity index (χ3v) is 3.97. The maximum atomic E-state index is 11.8. The Morgan fingerprint density at radius 3 is 2.35 bits per heavy atom. The molecule has 0 aromatic rings. The van der Waals surface area contributed by atoms with E-state index in [0.29, 0.717) is 6.54 Å². The number of aliphatic hydroxyl groups excluding tert-OH is 4. The summed E-state index contributed by atoms with van der Waals surface area (Å²) in [6, 6.07) is 0. The number of ether oxygens (including phenoxy) is 2. The smallest absolute Gasteiger partial charge is 0.409 e. The number of hydrogen-bond donors (Lipinski definition) is 4. The zero-order chi connectivity index (χ0) is 17.4. The van der Waals surface area contributed by atoms with Gasteiger partial charge in [0.05, 0.1) is 0 Å². The van der Waals surface area contributed by atoms with E-state index in [1.54, 1.807) is 7.05 Å². The van der Waals surface area contributed by atoms with Gasteiger partial charge >= 0.3 is 6.09 Å². The molecule has 0 aliphatic carbocycles. The Morgan fingerprint density at radius 2 is 1.70 bits per heavy atom. The average Bonchev–Trinajstić information content (AvgIpc) is 2.54. The third kappa shape index (κ3) is 6.23. The van der Waals surface area contributed by atoms with Crippen LogP contribution in [0.2, 0.25) is 0 Å². The number of aliphatic hydroxyl groups is 4. The van der Waals surface area contributed by atoms with Gasteiger partial charge in [-0.15, -0.1) is 0 Å². The molecule has 5 atom stereocenters. The molecule has 23 heavy (non-hydrogen) atoms. The quantitative estimate of drug-likeness (QED) is 0.454. The minimum atomic E-state index is -1.63. The number of unbranched alkanes of at least 4 members (excludes halogenated alkanes) is 4. The number of amides is 1. The van der Waals surface area contributed by atoms with E-state index in [4.69, 9.17) is 9.47 Å². The second-order valence-electron chi connectivity index (χ2n) is 5.95. The molecule has 1 fully saturated rings. The molecule has 0 unspecified atom stereocenters.